The second kappa shape index (κ2) is 11.2. The van der Waals surface area contributed by atoms with Crippen molar-refractivity contribution >= 4 is 23.4 Å². The molecule has 0 saturated heterocycles. The Morgan fingerprint density at radius 2 is 1.78 bits per heavy atom. The standard InChI is InChI=1S/C27H34FN5O3/c1-18(2)16-32(26(35)29-20-9-7-8-19(28)14-20)17-25(34)30-24-15-23(27(3,4)5)31-33(24)21-10-12-22(36-6)13-11-21/h7-15,18H,16-17H2,1-6H3,(H,29,35)(H,30,34). The number of hydrogen-bond donors (Lipinski definition) is 2. The molecule has 2 aromatic carbocycles. The first-order valence-corrected chi connectivity index (χ1v) is 11.8. The highest BCUT2D eigenvalue weighted by molar-refractivity contribution is 5.96. The molecule has 1 aromatic heterocycles. The predicted molar refractivity (Wildman–Crippen MR) is 139 cm³/mol. The fourth-order valence-corrected chi connectivity index (χ4v) is 3.54. The summed E-state index contributed by atoms with van der Waals surface area (Å²) in [5, 5.41) is 10.3. The van der Waals surface area contributed by atoms with Crippen molar-refractivity contribution in [1.29, 1.82) is 0 Å². The maximum absolute atomic E-state index is 13.5. The summed E-state index contributed by atoms with van der Waals surface area (Å²) in [6.07, 6.45) is 0. The molecule has 0 bridgehead atoms. The maximum Gasteiger partial charge on any atom is 0.322 e. The number of urea groups is 1. The molecule has 0 fully saturated rings. The number of methoxy groups -OCH3 is 1. The molecule has 0 unspecified atom stereocenters. The third kappa shape index (κ3) is 7.07. The fraction of sp³-hybridized carbons (Fsp3) is 0.370. The summed E-state index contributed by atoms with van der Waals surface area (Å²) in [4.78, 5) is 27.4. The van der Waals surface area contributed by atoms with Gasteiger partial charge in [-0.25, -0.2) is 13.9 Å². The molecule has 0 saturated carbocycles. The van der Waals surface area contributed by atoms with Crippen LogP contribution in [0.4, 0.5) is 20.7 Å². The van der Waals surface area contributed by atoms with E-state index in [1.165, 1.54) is 23.1 Å². The summed E-state index contributed by atoms with van der Waals surface area (Å²) in [5.41, 5.74) is 1.63. The van der Waals surface area contributed by atoms with Crippen molar-refractivity contribution in [3.05, 3.63) is 66.1 Å². The molecule has 9 heteroatoms. The van der Waals surface area contributed by atoms with Crippen LogP contribution in [0.5, 0.6) is 5.75 Å². The van der Waals surface area contributed by atoms with E-state index in [1.54, 1.807) is 17.9 Å². The van der Waals surface area contributed by atoms with Crippen LogP contribution in [0.15, 0.2) is 54.6 Å². The van der Waals surface area contributed by atoms with Gasteiger partial charge < -0.3 is 20.3 Å². The normalized spacial score (nSPS) is 11.3. The Labute approximate surface area is 211 Å². The number of aromatic nitrogens is 2. The molecule has 3 aromatic rings. The molecular weight excluding hydrogens is 461 g/mol. The first-order chi connectivity index (χ1) is 17.0. The lowest BCUT2D eigenvalue weighted by atomic mass is 9.92. The summed E-state index contributed by atoms with van der Waals surface area (Å²) in [7, 11) is 1.60. The number of carbonyl (C=O) groups excluding carboxylic acids is 2. The Hall–Kier alpha value is -3.88. The van der Waals surface area contributed by atoms with Crippen LogP contribution in [-0.2, 0) is 10.2 Å². The molecule has 3 rings (SSSR count). The van der Waals surface area contributed by atoms with Gasteiger partial charge in [-0.15, -0.1) is 0 Å². The number of carbonyl (C=O) groups is 2. The smallest absolute Gasteiger partial charge is 0.322 e. The molecule has 8 nitrogen and oxygen atoms in total. The topological polar surface area (TPSA) is 88.5 Å². The van der Waals surface area contributed by atoms with Crippen molar-refractivity contribution in [2.45, 2.75) is 40.0 Å². The van der Waals surface area contributed by atoms with E-state index in [0.29, 0.717) is 23.8 Å². The second-order valence-electron chi connectivity index (χ2n) is 10.0. The maximum atomic E-state index is 13.5. The average Bonchev–Trinajstić information content (AvgIpc) is 3.22. The van der Waals surface area contributed by atoms with Gasteiger partial charge >= 0.3 is 6.03 Å². The fourth-order valence-electron chi connectivity index (χ4n) is 3.54. The predicted octanol–water partition coefficient (Wildman–Crippen LogP) is 5.45. The van der Waals surface area contributed by atoms with Crippen LogP contribution in [0.25, 0.3) is 5.69 Å². The lowest BCUT2D eigenvalue weighted by Gasteiger charge is -2.24. The third-order valence-corrected chi connectivity index (χ3v) is 5.35. The van der Waals surface area contributed by atoms with Crippen LogP contribution in [-0.4, -0.2) is 46.8 Å². The number of ether oxygens (including phenoxy) is 1. The van der Waals surface area contributed by atoms with Crippen LogP contribution in [0, 0.1) is 11.7 Å². The summed E-state index contributed by atoms with van der Waals surface area (Å²) in [5.74, 6) is 0.488. The van der Waals surface area contributed by atoms with Crippen molar-refractivity contribution in [1.82, 2.24) is 14.7 Å². The minimum Gasteiger partial charge on any atom is -0.497 e. The first kappa shape index (κ1) is 26.7. The van der Waals surface area contributed by atoms with Crippen LogP contribution >= 0.6 is 0 Å². The highest BCUT2D eigenvalue weighted by atomic mass is 19.1. The zero-order chi connectivity index (χ0) is 26.5. The van der Waals surface area contributed by atoms with Crippen molar-refractivity contribution in [2.24, 2.45) is 5.92 Å². The number of benzene rings is 2. The number of nitrogens with one attached hydrogen (secondary N) is 2. The lowest BCUT2D eigenvalue weighted by Crippen LogP contribution is -2.42. The van der Waals surface area contributed by atoms with E-state index < -0.39 is 11.8 Å². The Bertz CT molecular complexity index is 1200. The van der Waals surface area contributed by atoms with E-state index in [-0.39, 0.29) is 23.8 Å². The minimum atomic E-state index is -0.483. The number of hydrogen-bond acceptors (Lipinski definition) is 4. The molecule has 0 spiro atoms. The van der Waals surface area contributed by atoms with Gasteiger partial charge in [0.1, 0.15) is 23.9 Å². The highest BCUT2D eigenvalue weighted by Gasteiger charge is 2.23. The number of rotatable bonds is 8. The van der Waals surface area contributed by atoms with Gasteiger partial charge in [-0.3, -0.25) is 4.79 Å². The molecule has 0 aliphatic heterocycles. The van der Waals surface area contributed by atoms with Crippen molar-refractivity contribution < 1.29 is 18.7 Å². The number of halogens is 1. The van der Waals surface area contributed by atoms with Gasteiger partial charge in [0.2, 0.25) is 5.91 Å². The van der Waals surface area contributed by atoms with Gasteiger partial charge in [0, 0.05) is 23.7 Å². The third-order valence-electron chi connectivity index (χ3n) is 5.35. The molecule has 0 aliphatic rings. The molecule has 0 aliphatic carbocycles. The Morgan fingerprint density at radius 1 is 1.08 bits per heavy atom. The van der Waals surface area contributed by atoms with E-state index in [2.05, 4.69) is 10.6 Å². The first-order valence-electron chi connectivity index (χ1n) is 11.8. The SMILES string of the molecule is COc1ccc(-n2nc(C(C)(C)C)cc2NC(=O)CN(CC(C)C)C(=O)Nc2cccc(F)c2)cc1. The van der Waals surface area contributed by atoms with E-state index in [4.69, 9.17) is 9.84 Å². The molecule has 2 N–H and O–H groups in total. The van der Waals surface area contributed by atoms with Crippen LogP contribution in [0.2, 0.25) is 0 Å². The van der Waals surface area contributed by atoms with Gasteiger partial charge in [0.15, 0.2) is 0 Å². The molecule has 0 radical (unpaired) electrons. The van der Waals surface area contributed by atoms with E-state index in [0.717, 1.165) is 11.4 Å². The lowest BCUT2D eigenvalue weighted by molar-refractivity contribution is -0.116. The highest BCUT2D eigenvalue weighted by Crippen LogP contribution is 2.27. The minimum absolute atomic E-state index is 0.119. The zero-order valence-corrected chi connectivity index (χ0v) is 21.6. The molecule has 192 valence electrons. The molecule has 0 atom stereocenters. The van der Waals surface area contributed by atoms with Crippen LogP contribution in [0.1, 0.15) is 40.3 Å². The number of amides is 3. The summed E-state index contributed by atoms with van der Waals surface area (Å²) in [6, 6.07) is 14.3. The Kier molecular flexibility index (Phi) is 8.34. The van der Waals surface area contributed by atoms with E-state index >= 15 is 0 Å². The van der Waals surface area contributed by atoms with Crippen LogP contribution in [0.3, 0.4) is 0 Å². The molecular formula is C27H34FN5O3. The summed E-state index contributed by atoms with van der Waals surface area (Å²) < 4.78 is 20.4. The summed E-state index contributed by atoms with van der Waals surface area (Å²) in [6.45, 7) is 10.2. The van der Waals surface area contributed by atoms with E-state index in [1.807, 2.05) is 65.0 Å². The van der Waals surface area contributed by atoms with Crippen molar-refractivity contribution in [3.8, 4) is 11.4 Å². The Balaban J connectivity index is 1.82. The quantitative estimate of drug-likeness (QED) is 0.435. The Morgan fingerprint density at radius 3 is 2.36 bits per heavy atom. The number of anilines is 2. The van der Waals surface area contributed by atoms with Gasteiger partial charge in [0.25, 0.3) is 0 Å². The van der Waals surface area contributed by atoms with Crippen molar-refractivity contribution in [3.63, 3.8) is 0 Å². The molecule has 1 heterocycles. The largest absolute Gasteiger partial charge is 0.497 e. The van der Waals surface area contributed by atoms with Crippen molar-refractivity contribution in [2.75, 3.05) is 30.8 Å². The van der Waals surface area contributed by atoms with Gasteiger partial charge in [0.05, 0.1) is 18.5 Å². The van der Waals surface area contributed by atoms with Gasteiger partial charge in [-0.1, -0.05) is 40.7 Å². The second-order valence-corrected chi connectivity index (χ2v) is 10.0. The van der Waals surface area contributed by atoms with E-state index in [9.17, 15) is 14.0 Å². The summed E-state index contributed by atoms with van der Waals surface area (Å²) >= 11 is 0. The average molecular weight is 496 g/mol. The molecule has 3 amide bonds. The van der Waals surface area contributed by atoms with Gasteiger partial charge in [-0.2, -0.15) is 5.10 Å². The molecule has 36 heavy (non-hydrogen) atoms. The van der Waals surface area contributed by atoms with Crippen LogP contribution < -0.4 is 15.4 Å². The monoisotopic (exact) mass is 495 g/mol. The number of nitrogens with zero attached hydrogens (tertiary/aromatic N) is 3. The zero-order valence-electron chi connectivity index (χ0n) is 21.6. The van der Waals surface area contributed by atoms with Gasteiger partial charge in [-0.05, 0) is 48.4 Å².